The molecule has 0 fully saturated rings. The van der Waals surface area contributed by atoms with E-state index >= 15 is 0 Å². The molecule has 0 N–H and O–H groups in total. The summed E-state index contributed by atoms with van der Waals surface area (Å²) in [6.07, 6.45) is 7.82. The van der Waals surface area contributed by atoms with Crippen molar-refractivity contribution in [3.05, 3.63) is 42.3 Å². The lowest BCUT2D eigenvalue weighted by molar-refractivity contribution is 0.747. The third-order valence-corrected chi connectivity index (χ3v) is 2.19. The third kappa shape index (κ3) is 2.49. The van der Waals surface area contributed by atoms with Crippen LogP contribution in [0.3, 0.4) is 0 Å². The normalized spacial score (nSPS) is 10.9. The summed E-state index contributed by atoms with van der Waals surface area (Å²) < 4.78 is 2.15. The molecule has 1 aromatic rings. The number of rotatable bonds is 4. The maximum absolute atomic E-state index is 5.67. The molecule has 0 saturated carbocycles. The number of alkyl halides is 1. The van der Waals surface area contributed by atoms with Gasteiger partial charge in [-0.2, -0.15) is 0 Å². The van der Waals surface area contributed by atoms with E-state index in [1.807, 2.05) is 12.2 Å². The first-order chi connectivity index (χ1) is 6.29. The van der Waals surface area contributed by atoms with Crippen LogP contribution in [0.1, 0.15) is 11.3 Å². The first-order valence-electron chi connectivity index (χ1n) is 4.30. The number of nitrogens with zero attached hydrogens (tertiary/aromatic N) is 1. The predicted molar refractivity (Wildman–Crippen MR) is 59.1 cm³/mol. The SMILES string of the molecule is C=C/C=C\c1ccn(CCCl)c1C. The first-order valence-corrected chi connectivity index (χ1v) is 4.84. The molecule has 13 heavy (non-hydrogen) atoms. The molecule has 1 heterocycles. The highest BCUT2D eigenvalue weighted by atomic mass is 35.5. The molecule has 0 aliphatic rings. The van der Waals surface area contributed by atoms with E-state index in [4.69, 9.17) is 11.6 Å². The second-order valence-electron chi connectivity index (χ2n) is 2.83. The molecule has 1 aromatic heterocycles. The Kier molecular flexibility index (Phi) is 3.84. The fraction of sp³-hybridized carbons (Fsp3) is 0.273. The minimum Gasteiger partial charge on any atom is -0.350 e. The van der Waals surface area contributed by atoms with E-state index in [1.54, 1.807) is 6.08 Å². The number of hydrogen-bond donors (Lipinski definition) is 0. The van der Waals surface area contributed by atoms with Crippen molar-refractivity contribution in [2.75, 3.05) is 5.88 Å². The van der Waals surface area contributed by atoms with Crippen LogP contribution in [0.25, 0.3) is 6.08 Å². The van der Waals surface area contributed by atoms with Crippen molar-refractivity contribution in [2.45, 2.75) is 13.5 Å². The Hall–Kier alpha value is -0.950. The van der Waals surface area contributed by atoms with Crippen molar-refractivity contribution in [3.8, 4) is 0 Å². The van der Waals surface area contributed by atoms with Gasteiger partial charge in [0.2, 0.25) is 0 Å². The van der Waals surface area contributed by atoms with Crippen LogP contribution in [0.4, 0.5) is 0 Å². The smallest absolute Gasteiger partial charge is 0.0403 e. The zero-order valence-corrected chi connectivity index (χ0v) is 8.59. The second-order valence-corrected chi connectivity index (χ2v) is 3.21. The van der Waals surface area contributed by atoms with Crippen LogP contribution in [0, 0.1) is 6.92 Å². The van der Waals surface area contributed by atoms with Gasteiger partial charge in [0.05, 0.1) is 0 Å². The molecule has 1 nitrogen and oxygen atoms in total. The summed E-state index contributed by atoms with van der Waals surface area (Å²) >= 11 is 5.67. The standard InChI is InChI=1S/C11H14ClN/c1-3-4-5-11-6-8-13(9-7-12)10(11)2/h3-6,8H,1,7,9H2,2H3/b5-4-. The minimum atomic E-state index is 0.653. The van der Waals surface area contributed by atoms with Gasteiger partial charge in [0, 0.05) is 24.3 Å². The summed E-state index contributed by atoms with van der Waals surface area (Å²) in [5.41, 5.74) is 2.48. The van der Waals surface area contributed by atoms with Crippen LogP contribution < -0.4 is 0 Å². The lowest BCUT2D eigenvalue weighted by Gasteiger charge is -2.02. The second kappa shape index (κ2) is 4.93. The summed E-state index contributed by atoms with van der Waals surface area (Å²) in [4.78, 5) is 0. The number of allylic oxidation sites excluding steroid dienone is 2. The molecule has 0 spiro atoms. The van der Waals surface area contributed by atoms with E-state index in [9.17, 15) is 0 Å². The molecule has 70 valence electrons. The molecule has 0 radical (unpaired) electrons. The van der Waals surface area contributed by atoms with E-state index in [-0.39, 0.29) is 0 Å². The Balaban J connectivity index is 2.85. The topological polar surface area (TPSA) is 4.93 Å². The van der Waals surface area contributed by atoms with Gasteiger partial charge in [-0.15, -0.1) is 11.6 Å². The molecule has 0 aliphatic heterocycles. The maximum Gasteiger partial charge on any atom is 0.0403 e. The highest BCUT2D eigenvalue weighted by Crippen LogP contribution is 2.11. The number of halogens is 1. The fourth-order valence-corrected chi connectivity index (χ4v) is 1.43. The average Bonchev–Trinajstić information content (AvgIpc) is 2.46. The van der Waals surface area contributed by atoms with Gasteiger partial charge in [-0.3, -0.25) is 0 Å². The number of aromatic nitrogens is 1. The predicted octanol–water partition coefficient (Wildman–Crippen LogP) is 3.23. The zero-order chi connectivity index (χ0) is 9.68. The van der Waals surface area contributed by atoms with Crippen molar-refractivity contribution in [2.24, 2.45) is 0 Å². The number of hydrogen-bond acceptors (Lipinski definition) is 0. The molecular weight excluding hydrogens is 182 g/mol. The summed E-state index contributed by atoms with van der Waals surface area (Å²) in [6, 6.07) is 2.09. The van der Waals surface area contributed by atoms with Gasteiger partial charge < -0.3 is 4.57 Å². The molecule has 1 rings (SSSR count). The quantitative estimate of drug-likeness (QED) is 0.514. The van der Waals surface area contributed by atoms with Crippen LogP contribution in [0.5, 0.6) is 0 Å². The van der Waals surface area contributed by atoms with Crippen LogP contribution in [-0.2, 0) is 6.54 Å². The van der Waals surface area contributed by atoms with Crippen molar-refractivity contribution >= 4 is 17.7 Å². The molecule has 0 atom stereocenters. The van der Waals surface area contributed by atoms with Crippen LogP contribution >= 0.6 is 11.6 Å². The van der Waals surface area contributed by atoms with Crippen molar-refractivity contribution in [1.29, 1.82) is 0 Å². The summed E-state index contributed by atoms with van der Waals surface area (Å²) in [6.45, 7) is 6.60. The van der Waals surface area contributed by atoms with Gasteiger partial charge >= 0.3 is 0 Å². The molecule has 0 bridgehead atoms. The highest BCUT2D eigenvalue weighted by Gasteiger charge is 1.99. The number of aryl methyl sites for hydroxylation is 1. The van der Waals surface area contributed by atoms with Crippen molar-refractivity contribution in [3.63, 3.8) is 0 Å². The molecule has 0 saturated heterocycles. The van der Waals surface area contributed by atoms with Crippen LogP contribution in [-0.4, -0.2) is 10.4 Å². The Morgan fingerprint density at radius 2 is 2.38 bits per heavy atom. The van der Waals surface area contributed by atoms with Gasteiger partial charge in [-0.05, 0) is 18.6 Å². The highest BCUT2D eigenvalue weighted by molar-refractivity contribution is 6.17. The Bertz CT molecular complexity index is 310. The third-order valence-electron chi connectivity index (χ3n) is 2.02. The summed E-state index contributed by atoms with van der Waals surface area (Å²) in [7, 11) is 0. The lowest BCUT2D eigenvalue weighted by atomic mass is 10.2. The van der Waals surface area contributed by atoms with E-state index in [0.29, 0.717) is 5.88 Å². The largest absolute Gasteiger partial charge is 0.350 e. The fourth-order valence-electron chi connectivity index (χ4n) is 1.25. The van der Waals surface area contributed by atoms with Gasteiger partial charge in [0.15, 0.2) is 0 Å². The van der Waals surface area contributed by atoms with Crippen molar-refractivity contribution < 1.29 is 0 Å². The van der Waals surface area contributed by atoms with E-state index in [2.05, 4.69) is 30.3 Å². The summed E-state index contributed by atoms with van der Waals surface area (Å²) in [5, 5.41) is 0. The molecule has 2 heteroatoms. The Morgan fingerprint density at radius 1 is 1.62 bits per heavy atom. The maximum atomic E-state index is 5.67. The van der Waals surface area contributed by atoms with Gasteiger partial charge in [0.1, 0.15) is 0 Å². The Labute approximate surface area is 84.3 Å². The monoisotopic (exact) mass is 195 g/mol. The molecule has 0 aromatic carbocycles. The molecule has 0 amide bonds. The molecule has 0 aliphatic carbocycles. The van der Waals surface area contributed by atoms with Gasteiger partial charge in [-0.25, -0.2) is 0 Å². The first kappa shape index (κ1) is 10.1. The van der Waals surface area contributed by atoms with E-state index < -0.39 is 0 Å². The van der Waals surface area contributed by atoms with Crippen LogP contribution in [0.15, 0.2) is 31.0 Å². The average molecular weight is 196 g/mol. The molecule has 0 unspecified atom stereocenters. The van der Waals surface area contributed by atoms with Crippen molar-refractivity contribution in [1.82, 2.24) is 4.57 Å². The van der Waals surface area contributed by atoms with E-state index in [1.165, 1.54) is 11.3 Å². The molecular formula is C11H14ClN. The lowest BCUT2D eigenvalue weighted by Crippen LogP contribution is -1.99. The van der Waals surface area contributed by atoms with Crippen LogP contribution in [0.2, 0.25) is 0 Å². The summed E-state index contributed by atoms with van der Waals surface area (Å²) in [5.74, 6) is 0.653. The van der Waals surface area contributed by atoms with Gasteiger partial charge in [0.25, 0.3) is 0 Å². The van der Waals surface area contributed by atoms with E-state index in [0.717, 1.165) is 6.54 Å². The Morgan fingerprint density at radius 3 is 3.00 bits per heavy atom. The van der Waals surface area contributed by atoms with Gasteiger partial charge in [-0.1, -0.05) is 24.8 Å². The minimum absolute atomic E-state index is 0.653. The zero-order valence-electron chi connectivity index (χ0n) is 7.83.